The summed E-state index contributed by atoms with van der Waals surface area (Å²) in [6.45, 7) is 0.682. The summed E-state index contributed by atoms with van der Waals surface area (Å²) in [7, 11) is 1.67. The van der Waals surface area contributed by atoms with Crippen LogP contribution in [0.2, 0.25) is 0 Å². The molecule has 0 bridgehead atoms. The van der Waals surface area contributed by atoms with E-state index in [-0.39, 0.29) is 0 Å². The molecule has 4 nitrogen and oxygen atoms in total. The van der Waals surface area contributed by atoms with E-state index >= 15 is 0 Å². The number of pyridine rings is 1. The summed E-state index contributed by atoms with van der Waals surface area (Å²) in [6, 6.07) is 9.98. The third kappa shape index (κ3) is 2.41. The quantitative estimate of drug-likeness (QED) is 0.930. The number of rotatable bonds is 3. The summed E-state index contributed by atoms with van der Waals surface area (Å²) in [5.74, 6) is 2.72. The van der Waals surface area contributed by atoms with Crippen molar-refractivity contribution in [2.24, 2.45) is 5.92 Å². The number of aromatic nitrogens is 1. The number of nitrogens with zero attached hydrogens (tertiary/aromatic N) is 1. The topological polar surface area (TPSA) is 57.4 Å². The van der Waals surface area contributed by atoms with E-state index in [9.17, 15) is 0 Å². The van der Waals surface area contributed by atoms with Crippen molar-refractivity contribution in [2.45, 2.75) is 12.8 Å². The molecule has 1 atom stereocenters. The van der Waals surface area contributed by atoms with Gasteiger partial charge in [-0.2, -0.15) is 0 Å². The van der Waals surface area contributed by atoms with Gasteiger partial charge in [0.05, 0.1) is 13.7 Å². The van der Waals surface area contributed by atoms with Crippen molar-refractivity contribution >= 4 is 5.82 Å². The molecule has 1 aromatic heterocycles. The molecule has 0 aliphatic carbocycles. The summed E-state index contributed by atoms with van der Waals surface area (Å²) < 4.78 is 11.2. The van der Waals surface area contributed by atoms with E-state index in [0.717, 1.165) is 29.9 Å². The predicted octanol–water partition coefficient (Wildman–Crippen LogP) is 2.47. The van der Waals surface area contributed by atoms with Gasteiger partial charge >= 0.3 is 0 Å². The van der Waals surface area contributed by atoms with Crippen molar-refractivity contribution in [1.82, 2.24) is 4.98 Å². The average molecular weight is 270 g/mol. The first-order valence-electron chi connectivity index (χ1n) is 6.76. The van der Waals surface area contributed by atoms with Crippen molar-refractivity contribution < 1.29 is 9.47 Å². The molecular weight excluding hydrogens is 252 g/mol. The van der Waals surface area contributed by atoms with E-state index in [1.807, 2.05) is 24.3 Å². The monoisotopic (exact) mass is 270 g/mol. The van der Waals surface area contributed by atoms with Crippen molar-refractivity contribution in [3.05, 3.63) is 47.7 Å². The minimum absolute atomic E-state index is 0.418. The Morgan fingerprint density at radius 2 is 2.25 bits per heavy atom. The Bertz CT molecular complexity index is 613. The van der Waals surface area contributed by atoms with Crippen LogP contribution in [0.4, 0.5) is 5.82 Å². The van der Waals surface area contributed by atoms with Gasteiger partial charge in [-0.05, 0) is 36.1 Å². The van der Waals surface area contributed by atoms with Gasteiger partial charge in [0.25, 0.3) is 0 Å². The number of nitrogens with two attached hydrogens (primary N) is 1. The average Bonchev–Trinajstić information content (AvgIpc) is 2.49. The van der Waals surface area contributed by atoms with E-state index in [1.54, 1.807) is 13.3 Å². The lowest BCUT2D eigenvalue weighted by Gasteiger charge is -2.26. The lowest BCUT2D eigenvalue weighted by atomic mass is 9.91. The summed E-state index contributed by atoms with van der Waals surface area (Å²) in [6.07, 6.45) is 3.58. The highest BCUT2D eigenvalue weighted by Gasteiger charge is 2.23. The maximum absolute atomic E-state index is 5.91. The molecule has 20 heavy (non-hydrogen) atoms. The molecule has 2 heterocycles. The van der Waals surface area contributed by atoms with Gasteiger partial charge < -0.3 is 15.2 Å². The van der Waals surface area contributed by atoms with Crippen LogP contribution in [0, 0.1) is 5.92 Å². The van der Waals surface area contributed by atoms with Gasteiger partial charge in [-0.25, -0.2) is 4.98 Å². The molecule has 0 fully saturated rings. The normalized spacial score (nSPS) is 17.1. The zero-order valence-corrected chi connectivity index (χ0v) is 11.5. The van der Waals surface area contributed by atoms with E-state index in [1.165, 1.54) is 5.56 Å². The molecule has 1 aromatic carbocycles. The van der Waals surface area contributed by atoms with Crippen molar-refractivity contribution in [3.8, 4) is 11.5 Å². The maximum atomic E-state index is 5.91. The second-order valence-electron chi connectivity index (χ2n) is 5.08. The highest BCUT2D eigenvalue weighted by molar-refractivity contribution is 5.48. The molecule has 104 valence electrons. The van der Waals surface area contributed by atoms with Gasteiger partial charge in [0, 0.05) is 12.1 Å². The Balaban J connectivity index is 1.78. The van der Waals surface area contributed by atoms with Crippen LogP contribution in [0.25, 0.3) is 0 Å². The Kier molecular flexibility index (Phi) is 3.46. The number of benzene rings is 1. The molecular formula is C16H18N2O2. The van der Waals surface area contributed by atoms with Crippen LogP contribution < -0.4 is 15.2 Å². The smallest absolute Gasteiger partial charge is 0.164 e. The molecule has 2 N–H and O–H groups in total. The number of methoxy groups -OCH3 is 1. The third-order valence-electron chi connectivity index (χ3n) is 3.69. The Labute approximate surface area is 118 Å². The molecule has 4 heteroatoms. The minimum atomic E-state index is 0.418. The largest absolute Gasteiger partial charge is 0.493 e. The first kappa shape index (κ1) is 12.8. The summed E-state index contributed by atoms with van der Waals surface area (Å²) in [5.41, 5.74) is 8.19. The molecule has 0 radical (unpaired) electrons. The summed E-state index contributed by atoms with van der Waals surface area (Å²) >= 11 is 0. The van der Waals surface area contributed by atoms with Crippen LogP contribution in [0.1, 0.15) is 11.1 Å². The van der Waals surface area contributed by atoms with Crippen LogP contribution in [0.5, 0.6) is 11.5 Å². The SMILES string of the molecule is COc1cccc2c1OCC(Cc1cccnc1N)C2. The fourth-order valence-electron chi connectivity index (χ4n) is 2.68. The lowest BCUT2D eigenvalue weighted by molar-refractivity contribution is 0.211. The first-order chi connectivity index (χ1) is 9.78. The Hall–Kier alpha value is -2.23. The molecule has 0 amide bonds. The van der Waals surface area contributed by atoms with Crippen LogP contribution >= 0.6 is 0 Å². The lowest BCUT2D eigenvalue weighted by Crippen LogP contribution is -2.23. The zero-order valence-electron chi connectivity index (χ0n) is 11.5. The predicted molar refractivity (Wildman–Crippen MR) is 78.0 cm³/mol. The van der Waals surface area contributed by atoms with Gasteiger partial charge in [0.2, 0.25) is 0 Å². The summed E-state index contributed by atoms with van der Waals surface area (Å²) in [5, 5.41) is 0. The van der Waals surface area contributed by atoms with Crippen LogP contribution in [0.3, 0.4) is 0 Å². The Morgan fingerprint density at radius 3 is 3.05 bits per heavy atom. The first-order valence-corrected chi connectivity index (χ1v) is 6.76. The van der Waals surface area contributed by atoms with E-state index < -0.39 is 0 Å². The standard InChI is InChI=1S/C16H18N2O2/c1-19-14-6-2-4-12-8-11(10-20-15(12)14)9-13-5-3-7-18-16(13)17/h2-7,11H,8-10H2,1H3,(H2,17,18). The molecule has 0 saturated heterocycles. The van der Waals surface area contributed by atoms with Gasteiger partial charge in [-0.1, -0.05) is 18.2 Å². The van der Waals surface area contributed by atoms with Gasteiger partial charge in [0.15, 0.2) is 11.5 Å². The molecule has 2 aromatic rings. The number of hydrogen-bond acceptors (Lipinski definition) is 4. The van der Waals surface area contributed by atoms with Gasteiger partial charge in [0.1, 0.15) is 5.82 Å². The van der Waals surface area contributed by atoms with Gasteiger partial charge in [-0.3, -0.25) is 0 Å². The Morgan fingerprint density at radius 1 is 1.35 bits per heavy atom. The number of nitrogen functional groups attached to an aromatic ring is 1. The molecule has 1 aliphatic rings. The van der Waals surface area contributed by atoms with Crippen LogP contribution in [0.15, 0.2) is 36.5 Å². The highest BCUT2D eigenvalue weighted by atomic mass is 16.5. The molecule has 1 unspecified atom stereocenters. The third-order valence-corrected chi connectivity index (χ3v) is 3.69. The number of para-hydroxylation sites is 1. The van der Waals surface area contributed by atoms with Crippen LogP contribution in [-0.2, 0) is 12.8 Å². The number of hydrogen-bond donors (Lipinski definition) is 1. The number of anilines is 1. The van der Waals surface area contributed by atoms with E-state index in [4.69, 9.17) is 15.2 Å². The number of ether oxygens (including phenoxy) is 2. The second-order valence-corrected chi connectivity index (χ2v) is 5.08. The fourth-order valence-corrected chi connectivity index (χ4v) is 2.68. The van der Waals surface area contributed by atoms with Gasteiger partial charge in [-0.15, -0.1) is 0 Å². The zero-order chi connectivity index (χ0) is 13.9. The molecule has 0 saturated carbocycles. The molecule has 3 rings (SSSR count). The van der Waals surface area contributed by atoms with Crippen molar-refractivity contribution in [3.63, 3.8) is 0 Å². The maximum Gasteiger partial charge on any atom is 0.164 e. The molecule has 0 spiro atoms. The minimum Gasteiger partial charge on any atom is -0.493 e. The van der Waals surface area contributed by atoms with E-state index in [0.29, 0.717) is 18.3 Å². The van der Waals surface area contributed by atoms with E-state index in [2.05, 4.69) is 11.1 Å². The van der Waals surface area contributed by atoms with Crippen LogP contribution in [-0.4, -0.2) is 18.7 Å². The summed E-state index contributed by atoms with van der Waals surface area (Å²) in [4.78, 5) is 4.13. The molecule has 1 aliphatic heterocycles. The second kappa shape index (κ2) is 5.41. The van der Waals surface area contributed by atoms with Crippen molar-refractivity contribution in [2.75, 3.05) is 19.5 Å². The van der Waals surface area contributed by atoms with Crippen molar-refractivity contribution in [1.29, 1.82) is 0 Å². The fraction of sp³-hybridized carbons (Fsp3) is 0.312. The highest BCUT2D eigenvalue weighted by Crippen LogP contribution is 2.36. The number of fused-ring (bicyclic) bond motifs is 1.